The first kappa shape index (κ1) is 117. The number of benzene rings is 4. The summed E-state index contributed by atoms with van der Waals surface area (Å²) in [5, 5.41) is 81.8. The van der Waals surface area contributed by atoms with E-state index in [1.165, 1.54) is 174 Å². The number of aromatic nitrogens is 15. The maximum Gasteiger partial charge on any atom is 0.349 e. The Morgan fingerprint density at radius 2 is 0.568 bits per heavy atom. The number of carboxylic acids is 4. The van der Waals surface area contributed by atoms with Crippen LogP contribution in [0.1, 0.15) is 178 Å². The van der Waals surface area contributed by atoms with Gasteiger partial charge in [-0.2, -0.15) is 31.1 Å². The molecule has 7 atom stereocenters. The van der Waals surface area contributed by atoms with Gasteiger partial charge in [0, 0.05) is 114 Å². The van der Waals surface area contributed by atoms with Gasteiger partial charge in [-0.3, -0.25) is 14.0 Å². The molecule has 0 amide bonds. The molecule has 3 aliphatic carbocycles. The van der Waals surface area contributed by atoms with Crippen molar-refractivity contribution in [2.24, 2.45) is 17.8 Å². The van der Waals surface area contributed by atoms with E-state index in [1.54, 1.807) is 43.2 Å². The van der Waals surface area contributed by atoms with Crippen molar-refractivity contribution >= 4 is 105 Å². The third-order valence-corrected chi connectivity index (χ3v) is 30.3. The SMILES string of the molecule is C.C.C.C[Si](C)(C)CCOCn1ccc2c(-c3cnn(C(CC#N)C4CCCC4)c3)ncnc21.C[Si](C)(C)CCOCn1ccc2c(-c3cnn([C@H](CC#N)C4CCCC4)c3)ncnc21.C[Si](C)(C)CCOCn1ccc2c(-c3cnn([C@H](CC#N)C4CCCC4)c3)ncnc21.O=C(O[C@H](C(=O)O)[C@H](OC(=O)c1ccccc1)C(=O)O)c1ccccc1.O=C(O[C@H](C(=O)O)[C@H](OC(=O)c1ccccc1)C(=O)O)c1ccccc1. The highest BCUT2D eigenvalue weighted by molar-refractivity contribution is 6.76. The first-order valence-corrected chi connectivity index (χ1v) is 59.6. The van der Waals surface area contributed by atoms with E-state index in [0.29, 0.717) is 57.2 Å². The largest absolute Gasteiger partial charge is 0.478 e. The average molecular weight is 2070 g/mol. The lowest BCUT2D eigenvalue weighted by atomic mass is 9.96. The first-order valence-electron chi connectivity index (χ1n) is 48.5. The molecule has 3 fully saturated rings. The molecule has 37 nitrogen and oxygen atoms in total. The van der Waals surface area contributed by atoms with Crippen molar-refractivity contribution in [3.05, 3.63) is 237 Å². The predicted molar refractivity (Wildman–Crippen MR) is 566 cm³/mol. The summed E-state index contributed by atoms with van der Waals surface area (Å²) >= 11 is 0. The molecule has 0 spiro atoms. The number of hydrogen-bond donors (Lipinski definition) is 4. The van der Waals surface area contributed by atoms with E-state index in [0.717, 1.165) is 105 Å². The number of carbonyl (C=O) groups excluding carboxylic acids is 4. The quantitative estimate of drug-likeness (QED) is 0.0120. The van der Waals surface area contributed by atoms with Gasteiger partial charge in [-0.1, -0.05) is 193 Å². The van der Waals surface area contributed by atoms with Gasteiger partial charge < -0.3 is 67.3 Å². The lowest BCUT2D eigenvalue weighted by molar-refractivity contribution is -0.166. The van der Waals surface area contributed by atoms with Crippen LogP contribution >= 0.6 is 0 Å². The Kier molecular flexibility index (Phi) is 44.3. The van der Waals surface area contributed by atoms with E-state index in [2.05, 4.69) is 122 Å². The second-order valence-electron chi connectivity index (χ2n) is 39.4. The van der Waals surface area contributed by atoms with Crippen LogP contribution in [0.3, 0.4) is 0 Å². The van der Waals surface area contributed by atoms with Crippen LogP contribution in [0.2, 0.25) is 77.1 Å². The van der Waals surface area contributed by atoms with Crippen LogP contribution in [0.4, 0.5) is 0 Å². The zero-order valence-electron chi connectivity index (χ0n) is 82.9. The van der Waals surface area contributed by atoms with Gasteiger partial charge in [0.2, 0.25) is 24.4 Å². The summed E-state index contributed by atoms with van der Waals surface area (Å²) < 4.78 is 48.9. The summed E-state index contributed by atoms with van der Waals surface area (Å²) in [5.41, 5.74) is 8.23. The standard InChI is InChI=1S/3C23H32N6OSi.2C18H14O8.3CH4/c3*1-31(2,3)13-12-30-17-28-11-9-20-22(25-16-26-23(20)28)19-14-27-29(15-19)21(8-10-24)18-6-4-5-7-18;2*19-15(20)13(25-17(23)11-7-3-1-4-8-11)14(16(21)22)26-18(24)12-9-5-2-6-10-12;;;/h3*9,11,14-16,18,21H,4-8,12-13,17H2,1-3H3;2*1-10,13-14H,(H,19,20)(H,21,22);3*1H4/t2*21-;;2*13-,14-;;;/m11.00.../s1. The highest BCUT2D eigenvalue weighted by Gasteiger charge is 2.43. The first-order chi connectivity index (χ1) is 69.7. The predicted octanol–water partition coefficient (Wildman–Crippen LogP) is 20.9. The minimum Gasteiger partial charge on any atom is -0.478 e. The number of nitriles is 3. The molecule has 1 unspecified atom stereocenters. The van der Waals surface area contributed by atoms with Gasteiger partial charge in [0.05, 0.1) is 114 Å². The van der Waals surface area contributed by atoms with Gasteiger partial charge in [-0.05, 0) is 141 Å². The van der Waals surface area contributed by atoms with Crippen molar-refractivity contribution in [1.29, 1.82) is 15.8 Å². The number of carbonyl (C=O) groups is 8. The van der Waals surface area contributed by atoms with Gasteiger partial charge >= 0.3 is 47.8 Å². The zero-order chi connectivity index (χ0) is 104. The van der Waals surface area contributed by atoms with Gasteiger partial charge in [-0.15, -0.1) is 0 Å². The summed E-state index contributed by atoms with van der Waals surface area (Å²) in [6.45, 7) is 25.0. The monoisotopic (exact) mass is 2070 g/mol. The fourth-order valence-electron chi connectivity index (χ4n) is 17.3. The van der Waals surface area contributed by atoms with Crippen molar-refractivity contribution in [2.75, 3.05) is 19.8 Å². The lowest BCUT2D eigenvalue weighted by Crippen LogP contribution is -2.45. The fraction of sp³-hybridized carbons (Fsp3) is 0.426. The van der Waals surface area contributed by atoms with E-state index in [9.17, 15) is 74.6 Å². The van der Waals surface area contributed by atoms with Crippen molar-refractivity contribution in [1.82, 2.24) is 72.9 Å². The molecule has 9 aromatic heterocycles. The van der Waals surface area contributed by atoms with Crippen LogP contribution < -0.4 is 0 Å². The molecular weight excluding hydrogens is 1940 g/mol. The molecule has 4 N–H and O–H groups in total. The Morgan fingerprint density at radius 3 is 0.770 bits per heavy atom. The van der Waals surface area contributed by atoms with Crippen LogP contribution in [0.5, 0.6) is 0 Å². The van der Waals surface area contributed by atoms with E-state index >= 15 is 0 Å². The maximum absolute atomic E-state index is 12.0. The molecule has 40 heteroatoms. The minimum atomic E-state index is -2.21. The Morgan fingerprint density at radius 1 is 0.345 bits per heavy atom. The van der Waals surface area contributed by atoms with Gasteiger partial charge in [-0.25, -0.2) is 68.3 Å². The lowest BCUT2D eigenvalue weighted by Gasteiger charge is -2.21. The van der Waals surface area contributed by atoms with Crippen molar-refractivity contribution in [2.45, 2.75) is 258 Å². The third-order valence-electron chi connectivity index (χ3n) is 25.2. The molecule has 0 saturated heterocycles. The van der Waals surface area contributed by atoms with Crippen LogP contribution in [0.15, 0.2) is 214 Å². The summed E-state index contributed by atoms with van der Waals surface area (Å²) in [6.07, 6.45) is 29.8. The topological polar surface area (TPSA) is 499 Å². The van der Waals surface area contributed by atoms with Gasteiger partial charge in [0.1, 0.15) is 56.1 Å². The number of carboxylic acid groups (broad SMARTS) is 4. The van der Waals surface area contributed by atoms with Crippen LogP contribution in [-0.4, -0.2) is 210 Å². The second kappa shape index (κ2) is 56.2. The van der Waals surface area contributed by atoms with Crippen LogP contribution in [0, 0.1) is 51.7 Å². The summed E-state index contributed by atoms with van der Waals surface area (Å²) in [7, 11) is -3.30. The molecule has 4 aromatic carbocycles. The minimum absolute atomic E-state index is 0. The molecule has 3 saturated carbocycles. The molecule has 16 rings (SSSR count). The molecular formula is C108H136N18O19Si3. The number of aliphatic carboxylic acids is 4. The number of fused-ring (bicyclic) bond motifs is 3. The fourth-order valence-corrected chi connectivity index (χ4v) is 19.6. The molecule has 3 aliphatic rings. The molecule has 9 heterocycles. The number of rotatable bonds is 41. The highest BCUT2D eigenvalue weighted by Crippen LogP contribution is 2.41. The molecule has 0 bridgehead atoms. The summed E-state index contributed by atoms with van der Waals surface area (Å²) in [4.78, 5) is 121. The van der Waals surface area contributed by atoms with Crippen LogP contribution in [0.25, 0.3) is 66.9 Å². The van der Waals surface area contributed by atoms with Crippen molar-refractivity contribution in [3.63, 3.8) is 0 Å². The molecule has 0 aliphatic heterocycles. The third kappa shape index (κ3) is 33.1. The van der Waals surface area contributed by atoms with Gasteiger partial charge in [0.15, 0.2) is 0 Å². The molecule has 13 aromatic rings. The maximum atomic E-state index is 12.0. The Hall–Kier alpha value is -14.9. The second-order valence-corrected chi connectivity index (χ2v) is 56.3. The van der Waals surface area contributed by atoms with E-state index < -0.39 is 96.4 Å². The summed E-state index contributed by atoms with van der Waals surface area (Å²) in [6, 6.07) is 46.8. The normalized spacial score (nSPS) is 14.5. The smallest absolute Gasteiger partial charge is 0.349 e. The molecule has 148 heavy (non-hydrogen) atoms. The number of esters is 4. The number of nitrogens with zero attached hydrogens (tertiary/aromatic N) is 18. The average Bonchev–Trinajstić information content (AvgIpc) is 1.64. The van der Waals surface area contributed by atoms with Gasteiger partial charge in [0.25, 0.3) is 0 Å². The van der Waals surface area contributed by atoms with E-state index in [-0.39, 0.29) is 62.7 Å². The van der Waals surface area contributed by atoms with E-state index in [4.69, 9.17) is 33.2 Å². The number of ether oxygens (including phenoxy) is 7. The zero-order valence-corrected chi connectivity index (χ0v) is 85.9. The molecule has 0 radical (unpaired) electrons. The van der Waals surface area contributed by atoms with Crippen molar-refractivity contribution in [3.8, 4) is 52.0 Å². The van der Waals surface area contributed by atoms with E-state index in [1.807, 2.05) is 102 Å². The Labute approximate surface area is 865 Å². The Bertz CT molecular complexity index is 5940. The Balaban J connectivity index is 0.000000205. The van der Waals surface area contributed by atoms with Crippen LogP contribution in [-0.2, 0) is 72.5 Å². The van der Waals surface area contributed by atoms with Crippen molar-refractivity contribution < 1.29 is 91.9 Å². The highest BCUT2D eigenvalue weighted by atomic mass is 28.3. The number of hydrogen-bond acceptors (Lipinski definition) is 27. The summed E-state index contributed by atoms with van der Waals surface area (Å²) in [5.74, 6) is -9.66. The molecule has 784 valence electrons.